The summed E-state index contributed by atoms with van der Waals surface area (Å²) >= 11 is 0. The van der Waals surface area contributed by atoms with Crippen LogP contribution < -0.4 is 5.73 Å². The molecule has 0 saturated carbocycles. The molecule has 290 valence electrons. The zero-order chi connectivity index (χ0) is 35.9. The maximum Gasteiger partial charge on any atom is 0.172 e. The quantitative estimate of drug-likeness (QED) is 0.409. The van der Waals surface area contributed by atoms with E-state index in [1.54, 1.807) is 7.11 Å². The molecule has 3 N–H and O–H groups in total. The van der Waals surface area contributed by atoms with Crippen LogP contribution in [0.2, 0.25) is 0 Å². The second-order valence-electron chi connectivity index (χ2n) is 17.4. The fraction of sp³-hybridized carbons (Fsp3) is 0.875. The highest BCUT2D eigenvalue weighted by Gasteiger charge is 2.68. The van der Waals surface area contributed by atoms with Gasteiger partial charge in [0, 0.05) is 58.1 Å². The van der Waals surface area contributed by atoms with Gasteiger partial charge in [0.1, 0.15) is 36.3 Å². The van der Waals surface area contributed by atoms with E-state index in [4.69, 9.17) is 48.4 Å². The van der Waals surface area contributed by atoms with Crippen molar-refractivity contribution in [1.82, 2.24) is 0 Å². The highest BCUT2D eigenvalue weighted by molar-refractivity contribution is 5.79. The van der Waals surface area contributed by atoms with Crippen molar-refractivity contribution in [3.63, 3.8) is 0 Å². The highest BCUT2D eigenvalue weighted by atomic mass is 16.8. The summed E-state index contributed by atoms with van der Waals surface area (Å²) in [6.45, 7) is 11.3. The Balaban J connectivity index is 0.994. The molecule has 10 heterocycles. The Hall–Kier alpha value is -1.29. The maximum absolute atomic E-state index is 14.1. The Kier molecular flexibility index (Phi) is 10.0. The third-order valence-electron chi connectivity index (χ3n) is 14.0. The van der Waals surface area contributed by atoms with Gasteiger partial charge >= 0.3 is 0 Å². The van der Waals surface area contributed by atoms with Crippen LogP contribution in [0.25, 0.3) is 0 Å². The normalized spacial score (nSPS) is 52.4. The molecule has 10 saturated heterocycles. The summed E-state index contributed by atoms with van der Waals surface area (Å²) in [6, 6.07) is 0. The van der Waals surface area contributed by atoms with Crippen molar-refractivity contribution in [1.29, 1.82) is 0 Å². The first kappa shape index (κ1) is 36.4. The highest BCUT2D eigenvalue weighted by Crippen LogP contribution is 2.54. The Labute approximate surface area is 307 Å². The Morgan fingerprint density at radius 3 is 2.38 bits per heavy atom. The molecule has 9 unspecified atom stereocenters. The molecule has 0 aliphatic carbocycles. The Morgan fingerprint density at radius 2 is 1.56 bits per heavy atom. The molecule has 19 atom stereocenters. The number of hydrogen-bond donors (Lipinski definition) is 2. The number of methoxy groups -OCH3 is 1. The maximum atomic E-state index is 14.1. The molecular formula is C40H59NO11. The van der Waals surface area contributed by atoms with Crippen molar-refractivity contribution < 1.29 is 52.5 Å². The number of fused-ring (bicyclic) bond motifs is 6. The molecule has 10 fully saturated rings. The summed E-state index contributed by atoms with van der Waals surface area (Å²) in [6.07, 6.45) is 4.85. The number of aliphatic hydroxyl groups excluding tert-OH is 1. The second-order valence-corrected chi connectivity index (χ2v) is 17.4. The number of carbonyl (C=O) groups is 1. The topological polar surface area (TPSA) is 146 Å². The van der Waals surface area contributed by atoms with E-state index in [-0.39, 0.29) is 122 Å². The number of aliphatic hydroxyl groups is 1. The van der Waals surface area contributed by atoms with Crippen molar-refractivity contribution in [2.45, 2.75) is 194 Å². The van der Waals surface area contributed by atoms with Crippen molar-refractivity contribution >= 4 is 5.78 Å². The van der Waals surface area contributed by atoms with E-state index >= 15 is 0 Å². The summed E-state index contributed by atoms with van der Waals surface area (Å²) in [5.74, 6) is -0.619. The number of ketones is 1. The van der Waals surface area contributed by atoms with Gasteiger partial charge < -0.3 is 53.5 Å². The van der Waals surface area contributed by atoms with E-state index in [0.29, 0.717) is 25.7 Å². The van der Waals surface area contributed by atoms with Gasteiger partial charge in [0.05, 0.1) is 67.1 Å². The molecule has 10 aliphatic rings. The average molecular weight is 730 g/mol. The summed E-state index contributed by atoms with van der Waals surface area (Å²) in [4.78, 5) is 14.1. The second kappa shape index (κ2) is 14.3. The van der Waals surface area contributed by atoms with Crippen LogP contribution >= 0.6 is 0 Å². The largest absolute Gasteiger partial charge is 0.392 e. The SMILES string of the molecule is C=C1CC2CC[C@@]34CC5O[C@H]6C(O3)[C@H]3O[C@H](CCC3O[C@H]6C5O4)CC(=O)CC3C(C[C@H]4O[C@@H](CC[C@@H]1O2)CC(C)C4=C)O[C@H](CC(O)CN)[C@@H]3OC. The van der Waals surface area contributed by atoms with E-state index in [2.05, 4.69) is 20.1 Å². The van der Waals surface area contributed by atoms with E-state index in [0.717, 1.165) is 56.1 Å². The number of Topliss-reactive ketones (excluding diaryl/α,β-unsaturated/α-hetero) is 1. The van der Waals surface area contributed by atoms with Crippen LogP contribution in [-0.4, -0.2) is 128 Å². The van der Waals surface area contributed by atoms with Gasteiger partial charge in [-0.05, 0) is 62.0 Å². The molecule has 10 aliphatic heterocycles. The van der Waals surface area contributed by atoms with Gasteiger partial charge in [-0.15, -0.1) is 0 Å². The molecule has 0 aromatic carbocycles. The predicted molar refractivity (Wildman–Crippen MR) is 186 cm³/mol. The van der Waals surface area contributed by atoms with Gasteiger partial charge in [-0.25, -0.2) is 0 Å². The predicted octanol–water partition coefficient (Wildman–Crippen LogP) is 3.44. The van der Waals surface area contributed by atoms with Gasteiger partial charge in [0.2, 0.25) is 0 Å². The Morgan fingerprint density at radius 1 is 0.808 bits per heavy atom. The molecule has 52 heavy (non-hydrogen) atoms. The number of hydrogen-bond acceptors (Lipinski definition) is 12. The fourth-order valence-electron chi connectivity index (χ4n) is 11.3. The van der Waals surface area contributed by atoms with Crippen LogP contribution in [0.5, 0.6) is 0 Å². The fourth-order valence-corrected chi connectivity index (χ4v) is 11.3. The minimum absolute atomic E-state index is 0.0158. The third-order valence-corrected chi connectivity index (χ3v) is 14.0. The first-order valence-electron chi connectivity index (χ1n) is 20.2. The lowest BCUT2D eigenvalue weighted by Gasteiger charge is -2.47. The molecule has 12 nitrogen and oxygen atoms in total. The summed E-state index contributed by atoms with van der Waals surface area (Å²) in [5.41, 5.74) is 8.01. The smallest absolute Gasteiger partial charge is 0.172 e. The van der Waals surface area contributed by atoms with Gasteiger partial charge in [0.25, 0.3) is 0 Å². The zero-order valence-electron chi connectivity index (χ0n) is 30.8. The van der Waals surface area contributed by atoms with E-state index < -0.39 is 18.0 Å². The average Bonchev–Trinajstić information content (AvgIpc) is 3.79. The molecule has 12 heteroatoms. The van der Waals surface area contributed by atoms with E-state index in [1.165, 1.54) is 0 Å². The van der Waals surface area contributed by atoms with Gasteiger partial charge in [0.15, 0.2) is 5.79 Å². The number of carbonyl (C=O) groups excluding carboxylic acids is 1. The van der Waals surface area contributed by atoms with Gasteiger partial charge in [-0.3, -0.25) is 4.79 Å². The molecule has 0 aromatic heterocycles. The van der Waals surface area contributed by atoms with Crippen molar-refractivity contribution in [3.8, 4) is 0 Å². The van der Waals surface area contributed by atoms with E-state index in [1.807, 2.05) is 0 Å². The van der Waals surface area contributed by atoms with Crippen LogP contribution in [0.3, 0.4) is 0 Å². The number of rotatable bonds is 4. The van der Waals surface area contributed by atoms with Crippen LogP contribution in [0.15, 0.2) is 24.3 Å². The van der Waals surface area contributed by atoms with Crippen LogP contribution in [0.1, 0.15) is 90.4 Å². The lowest BCUT2D eigenvalue weighted by molar-refractivity contribution is -0.292. The minimum Gasteiger partial charge on any atom is -0.392 e. The van der Waals surface area contributed by atoms with Crippen molar-refractivity contribution in [3.05, 3.63) is 24.3 Å². The van der Waals surface area contributed by atoms with Crippen LogP contribution in [0, 0.1) is 11.8 Å². The molecule has 12 bridgehead atoms. The molecule has 1 spiro atoms. The van der Waals surface area contributed by atoms with Gasteiger partial charge in [-0.2, -0.15) is 0 Å². The molecule has 10 rings (SSSR count). The van der Waals surface area contributed by atoms with Crippen LogP contribution in [-0.2, 0) is 47.4 Å². The molecule has 0 aromatic rings. The lowest BCUT2D eigenvalue weighted by Crippen LogP contribution is -2.61. The number of nitrogens with two attached hydrogens (primary N) is 1. The number of ether oxygens (including phenoxy) is 9. The molecule has 0 radical (unpaired) electrons. The summed E-state index contributed by atoms with van der Waals surface area (Å²) < 4.78 is 60.0. The first-order chi connectivity index (χ1) is 25.1. The van der Waals surface area contributed by atoms with Crippen LogP contribution in [0.4, 0.5) is 0 Å². The summed E-state index contributed by atoms with van der Waals surface area (Å²) in [5, 5.41) is 10.5. The summed E-state index contributed by atoms with van der Waals surface area (Å²) in [7, 11) is 1.66. The lowest BCUT2D eigenvalue weighted by atomic mass is 9.81. The standard InChI is InChI=1S/C40H59NO11/c1-19-11-24-5-7-28-20(2)12-26(45-28)9-10-40-17-33-36(51-40)37-38(50-33)39(52-40)35-29(49-37)8-6-25(47-35)13-22(42)14-27-31(16-30(46-24)21(19)3)48-32(34(27)44-4)15-23(43)18-41/h19,23-39,43H,2-3,5-18,41H2,1,4H3/t19?,23?,24-,25+,26?,27?,28-,29?,30+,31?,32+,33?,34+,35-,36?,37-,38+,39?,40-/m0/s1. The molecule has 0 amide bonds. The van der Waals surface area contributed by atoms with E-state index in [9.17, 15) is 9.90 Å². The first-order valence-corrected chi connectivity index (χ1v) is 20.2. The zero-order valence-corrected chi connectivity index (χ0v) is 30.8. The Bertz CT molecular complexity index is 1380. The molecular weight excluding hydrogens is 670 g/mol. The van der Waals surface area contributed by atoms with Crippen molar-refractivity contribution in [2.24, 2.45) is 17.6 Å². The monoisotopic (exact) mass is 729 g/mol. The minimum atomic E-state index is -0.780. The third kappa shape index (κ3) is 6.59. The van der Waals surface area contributed by atoms with Crippen molar-refractivity contribution in [2.75, 3.05) is 13.7 Å². The van der Waals surface area contributed by atoms with Gasteiger partial charge in [-0.1, -0.05) is 20.1 Å².